The fraction of sp³-hybridized carbons (Fsp3) is 0.640. The van der Waals surface area contributed by atoms with E-state index in [1.807, 2.05) is 13.0 Å². The van der Waals surface area contributed by atoms with Crippen molar-refractivity contribution in [2.75, 3.05) is 72.1 Å². The van der Waals surface area contributed by atoms with Crippen molar-refractivity contribution in [1.29, 1.82) is 0 Å². The molecule has 0 fully saturated rings. The smallest absolute Gasteiger partial charge is 0.163 e. The van der Waals surface area contributed by atoms with E-state index in [1.54, 1.807) is 14.2 Å². The van der Waals surface area contributed by atoms with Crippen molar-refractivity contribution in [2.24, 2.45) is 0 Å². The van der Waals surface area contributed by atoms with E-state index in [0.29, 0.717) is 13.2 Å². The average Bonchev–Trinajstić information content (AvgIpc) is 3.28. The van der Waals surface area contributed by atoms with Gasteiger partial charge in [-0.2, -0.15) is 0 Å². The third-order valence-electron chi connectivity index (χ3n) is 5.98. The summed E-state index contributed by atoms with van der Waals surface area (Å²) < 4.78 is 22.5. The molecule has 1 aliphatic rings. The van der Waals surface area contributed by atoms with Crippen LogP contribution in [0.5, 0.6) is 11.5 Å². The van der Waals surface area contributed by atoms with Gasteiger partial charge in [-0.05, 0) is 50.8 Å². The average molecular weight is 446 g/mol. The number of anilines is 1. The highest BCUT2D eigenvalue weighted by Gasteiger charge is 2.21. The molecule has 7 heteroatoms. The van der Waals surface area contributed by atoms with Gasteiger partial charge in [0.25, 0.3) is 0 Å². The molecule has 0 unspecified atom stereocenters. The normalized spacial score (nSPS) is 13.0. The predicted molar refractivity (Wildman–Crippen MR) is 129 cm³/mol. The number of nitrogens with one attached hydrogen (secondary N) is 1. The topological polar surface area (TPSA) is 65.1 Å². The number of aryl methyl sites for hydroxylation is 1. The van der Waals surface area contributed by atoms with Crippen LogP contribution in [-0.2, 0) is 22.3 Å². The van der Waals surface area contributed by atoms with Crippen molar-refractivity contribution in [3.63, 3.8) is 0 Å². The quantitative estimate of drug-likeness (QED) is 0.417. The molecule has 0 saturated heterocycles. The van der Waals surface area contributed by atoms with Gasteiger partial charge in [0.1, 0.15) is 0 Å². The van der Waals surface area contributed by atoms with Gasteiger partial charge in [0.15, 0.2) is 11.5 Å². The molecular weight excluding hydrogens is 406 g/mol. The Hall–Kier alpha value is -2.09. The second-order valence-corrected chi connectivity index (χ2v) is 8.04. The minimum Gasteiger partial charge on any atom is -0.493 e. The summed E-state index contributed by atoms with van der Waals surface area (Å²) in [6, 6.07) is 4.10. The summed E-state index contributed by atoms with van der Waals surface area (Å²) in [5.74, 6) is 1.50. The molecule has 1 aromatic heterocycles. The van der Waals surface area contributed by atoms with E-state index >= 15 is 0 Å². The second-order valence-electron chi connectivity index (χ2n) is 8.04. The van der Waals surface area contributed by atoms with Gasteiger partial charge in [-0.3, -0.25) is 4.98 Å². The monoisotopic (exact) mass is 445 g/mol. The number of rotatable bonds is 15. The first-order chi connectivity index (χ1) is 15.7. The lowest BCUT2D eigenvalue weighted by Crippen LogP contribution is -2.29. The summed E-state index contributed by atoms with van der Waals surface area (Å²) >= 11 is 0. The second kappa shape index (κ2) is 12.8. The minimum atomic E-state index is 0.635. The van der Waals surface area contributed by atoms with Crippen LogP contribution >= 0.6 is 0 Å². The van der Waals surface area contributed by atoms with Gasteiger partial charge in [0.2, 0.25) is 0 Å². The number of pyridine rings is 1. The van der Waals surface area contributed by atoms with E-state index in [-0.39, 0.29) is 0 Å². The first-order valence-corrected chi connectivity index (χ1v) is 11.9. The standard InChI is InChI=1S/C25H39N3O4/c1-5-28(13-16-29-3)12-8-14-32-24-18-22-20(17-23(24)30-4)25(26-11-15-31-6-2)19-9-7-10-21(19)27-22/h17-18H,5-16H2,1-4H3,(H,26,27). The molecule has 0 saturated carbocycles. The zero-order valence-corrected chi connectivity index (χ0v) is 20.2. The molecule has 0 aliphatic heterocycles. The zero-order chi connectivity index (χ0) is 22.8. The van der Waals surface area contributed by atoms with Crippen molar-refractivity contribution in [1.82, 2.24) is 9.88 Å². The van der Waals surface area contributed by atoms with E-state index in [2.05, 4.69) is 23.2 Å². The lowest BCUT2D eigenvalue weighted by Gasteiger charge is -2.20. The molecular formula is C25H39N3O4. The summed E-state index contributed by atoms with van der Waals surface area (Å²) in [5.41, 5.74) is 4.66. The number of benzene rings is 1. The van der Waals surface area contributed by atoms with Crippen LogP contribution in [0.2, 0.25) is 0 Å². The zero-order valence-electron chi connectivity index (χ0n) is 20.2. The van der Waals surface area contributed by atoms with Crippen molar-refractivity contribution in [3.05, 3.63) is 23.4 Å². The third kappa shape index (κ3) is 6.24. The Morgan fingerprint density at radius 2 is 1.91 bits per heavy atom. The van der Waals surface area contributed by atoms with Crippen LogP contribution in [0.15, 0.2) is 12.1 Å². The first kappa shape index (κ1) is 24.6. The molecule has 0 radical (unpaired) electrons. The fourth-order valence-electron chi connectivity index (χ4n) is 4.26. The Kier molecular flexibility index (Phi) is 9.84. The minimum absolute atomic E-state index is 0.635. The maximum Gasteiger partial charge on any atom is 0.163 e. The Morgan fingerprint density at radius 1 is 1.03 bits per heavy atom. The van der Waals surface area contributed by atoms with Crippen LogP contribution in [0.25, 0.3) is 10.9 Å². The molecule has 0 atom stereocenters. The molecule has 7 nitrogen and oxygen atoms in total. The third-order valence-corrected chi connectivity index (χ3v) is 5.98. The summed E-state index contributed by atoms with van der Waals surface area (Å²) in [4.78, 5) is 7.34. The summed E-state index contributed by atoms with van der Waals surface area (Å²) in [5, 5.41) is 4.69. The van der Waals surface area contributed by atoms with Gasteiger partial charge in [-0.1, -0.05) is 6.92 Å². The van der Waals surface area contributed by atoms with Crippen LogP contribution < -0.4 is 14.8 Å². The van der Waals surface area contributed by atoms with E-state index in [1.165, 1.54) is 16.9 Å². The number of fused-ring (bicyclic) bond motifs is 2. The highest BCUT2D eigenvalue weighted by Crippen LogP contribution is 2.39. The largest absolute Gasteiger partial charge is 0.493 e. The van der Waals surface area contributed by atoms with Crippen molar-refractivity contribution < 1.29 is 18.9 Å². The number of nitrogens with zero attached hydrogens (tertiary/aromatic N) is 2. The maximum absolute atomic E-state index is 6.14. The fourth-order valence-corrected chi connectivity index (χ4v) is 4.26. The highest BCUT2D eigenvalue weighted by atomic mass is 16.5. The first-order valence-electron chi connectivity index (χ1n) is 11.9. The van der Waals surface area contributed by atoms with E-state index in [9.17, 15) is 0 Å². The number of aromatic nitrogens is 1. The summed E-state index contributed by atoms with van der Waals surface area (Å²) in [6.07, 6.45) is 4.19. The molecule has 32 heavy (non-hydrogen) atoms. The van der Waals surface area contributed by atoms with Crippen LogP contribution in [0.1, 0.15) is 37.9 Å². The Balaban J connectivity index is 1.75. The van der Waals surface area contributed by atoms with Crippen molar-refractivity contribution >= 4 is 16.6 Å². The van der Waals surface area contributed by atoms with E-state index in [0.717, 1.165) is 87.5 Å². The van der Waals surface area contributed by atoms with Crippen molar-refractivity contribution in [3.8, 4) is 11.5 Å². The Labute approximate surface area is 192 Å². The number of methoxy groups -OCH3 is 2. The predicted octanol–water partition coefficient (Wildman–Crippen LogP) is 3.92. The number of likely N-dealkylation sites (N-methyl/N-ethyl adjacent to an activating group) is 1. The van der Waals surface area contributed by atoms with Gasteiger partial charge in [-0.25, -0.2) is 0 Å². The molecule has 2 aromatic rings. The van der Waals surface area contributed by atoms with Crippen LogP contribution in [0.3, 0.4) is 0 Å². The molecule has 1 N–H and O–H groups in total. The number of hydrogen-bond acceptors (Lipinski definition) is 7. The summed E-state index contributed by atoms with van der Waals surface area (Å²) in [6.45, 7) is 10.7. The molecule has 1 heterocycles. The Morgan fingerprint density at radius 3 is 2.66 bits per heavy atom. The molecule has 1 aromatic carbocycles. The van der Waals surface area contributed by atoms with Gasteiger partial charge in [0, 0.05) is 56.2 Å². The van der Waals surface area contributed by atoms with Gasteiger partial charge < -0.3 is 29.2 Å². The highest BCUT2D eigenvalue weighted by molar-refractivity contribution is 5.96. The molecule has 0 bridgehead atoms. The van der Waals surface area contributed by atoms with Gasteiger partial charge in [-0.15, -0.1) is 0 Å². The van der Waals surface area contributed by atoms with Crippen molar-refractivity contribution in [2.45, 2.75) is 39.5 Å². The molecule has 0 amide bonds. The van der Waals surface area contributed by atoms with E-state index in [4.69, 9.17) is 23.9 Å². The molecule has 178 valence electrons. The van der Waals surface area contributed by atoms with Crippen LogP contribution in [0.4, 0.5) is 5.69 Å². The number of hydrogen-bond donors (Lipinski definition) is 1. The Bertz CT molecular complexity index is 859. The van der Waals surface area contributed by atoms with E-state index < -0.39 is 0 Å². The van der Waals surface area contributed by atoms with Crippen LogP contribution in [-0.4, -0.2) is 76.7 Å². The lowest BCUT2D eigenvalue weighted by molar-refractivity contribution is 0.145. The van der Waals surface area contributed by atoms with Crippen LogP contribution in [0, 0.1) is 0 Å². The maximum atomic E-state index is 6.14. The molecule has 0 spiro atoms. The van der Waals surface area contributed by atoms with Gasteiger partial charge in [0.05, 0.1) is 32.4 Å². The SMILES string of the molecule is CCOCCNc1c2c(nc3cc(OCCCN(CC)CCOC)c(OC)cc13)CCC2. The molecule has 3 rings (SSSR count). The summed E-state index contributed by atoms with van der Waals surface area (Å²) in [7, 11) is 3.44. The van der Waals surface area contributed by atoms with Gasteiger partial charge >= 0.3 is 0 Å². The number of ether oxygens (including phenoxy) is 4. The molecule has 1 aliphatic carbocycles. The lowest BCUT2D eigenvalue weighted by atomic mass is 10.1.